The summed E-state index contributed by atoms with van der Waals surface area (Å²) in [5, 5.41) is 12.7. The Balaban J connectivity index is 1.63. The highest BCUT2D eigenvalue weighted by Gasteiger charge is 2.41. The number of carbonyl (C=O) groups excluding carboxylic acids is 1. The van der Waals surface area contributed by atoms with Crippen LogP contribution in [0.4, 0.5) is 0 Å². The maximum absolute atomic E-state index is 11.8. The van der Waals surface area contributed by atoms with Crippen molar-refractivity contribution in [2.75, 3.05) is 18.9 Å². The van der Waals surface area contributed by atoms with Crippen LogP contribution in [0, 0.1) is 5.41 Å². The van der Waals surface area contributed by atoms with Crippen LogP contribution in [0.2, 0.25) is 5.02 Å². The van der Waals surface area contributed by atoms with E-state index in [1.807, 2.05) is 24.3 Å². The average Bonchev–Trinajstić information content (AvgIpc) is 3.17. The molecule has 20 heavy (non-hydrogen) atoms. The second-order valence-electron chi connectivity index (χ2n) is 5.37. The zero-order valence-electron chi connectivity index (χ0n) is 11.4. The van der Waals surface area contributed by atoms with E-state index in [4.69, 9.17) is 16.7 Å². The Morgan fingerprint density at radius 3 is 2.90 bits per heavy atom. The summed E-state index contributed by atoms with van der Waals surface area (Å²) >= 11 is 7.50. The molecule has 1 saturated carbocycles. The zero-order valence-corrected chi connectivity index (χ0v) is 13.0. The molecule has 0 aromatic heterocycles. The zero-order chi connectivity index (χ0) is 14.4. The molecule has 0 heterocycles. The van der Waals surface area contributed by atoms with E-state index >= 15 is 0 Å². The number of rotatable bonds is 8. The molecule has 2 rings (SSSR count). The van der Waals surface area contributed by atoms with Crippen molar-refractivity contribution in [1.29, 1.82) is 0 Å². The fraction of sp³-hybridized carbons (Fsp3) is 0.533. The van der Waals surface area contributed by atoms with Crippen molar-refractivity contribution in [2.24, 2.45) is 5.41 Å². The largest absolute Gasteiger partial charge is 0.396 e. The summed E-state index contributed by atoms with van der Waals surface area (Å²) in [6.45, 7) is 0.906. The normalized spacial score (nSPS) is 15.9. The second-order valence-corrected chi connectivity index (χ2v) is 6.80. The van der Waals surface area contributed by atoms with Crippen molar-refractivity contribution >= 4 is 29.3 Å². The van der Waals surface area contributed by atoms with Crippen LogP contribution in [0.15, 0.2) is 24.3 Å². The Kier molecular flexibility index (Phi) is 5.75. The molecule has 1 aliphatic rings. The third-order valence-electron chi connectivity index (χ3n) is 3.65. The molecule has 3 nitrogen and oxygen atoms in total. The molecule has 1 amide bonds. The number of thioether (sulfide) groups is 1. The van der Waals surface area contributed by atoms with Gasteiger partial charge in [-0.15, -0.1) is 11.8 Å². The van der Waals surface area contributed by atoms with Crippen LogP contribution in [-0.4, -0.2) is 29.9 Å². The van der Waals surface area contributed by atoms with Gasteiger partial charge in [-0.3, -0.25) is 4.79 Å². The first kappa shape index (κ1) is 15.7. The molecule has 0 saturated heterocycles. The first-order valence-electron chi connectivity index (χ1n) is 6.83. The van der Waals surface area contributed by atoms with Gasteiger partial charge in [0.05, 0.1) is 5.75 Å². The molecule has 0 aliphatic heterocycles. The van der Waals surface area contributed by atoms with Gasteiger partial charge in [0.15, 0.2) is 0 Å². The number of hydrogen-bond donors (Lipinski definition) is 2. The van der Waals surface area contributed by atoms with E-state index in [0.29, 0.717) is 12.3 Å². The molecular formula is C15H20ClNO2S. The van der Waals surface area contributed by atoms with Crippen LogP contribution in [0.5, 0.6) is 0 Å². The van der Waals surface area contributed by atoms with Gasteiger partial charge >= 0.3 is 0 Å². The summed E-state index contributed by atoms with van der Waals surface area (Å²) in [6, 6.07) is 7.70. The lowest BCUT2D eigenvalue weighted by molar-refractivity contribution is -0.118. The fourth-order valence-electron chi connectivity index (χ4n) is 2.15. The van der Waals surface area contributed by atoms with E-state index in [9.17, 15) is 4.79 Å². The Hall–Kier alpha value is -0.710. The van der Waals surface area contributed by atoms with Gasteiger partial charge in [-0.2, -0.15) is 0 Å². The molecule has 1 aromatic rings. The molecule has 0 radical (unpaired) electrons. The third kappa shape index (κ3) is 5.00. The number of aliphatic hydroxyl groups is 1. The maximum Gasteiger partial charge on any atom is 0.230 e. The number of hydrogen-bond acceptors (Lipinski definition) is 3. The van der Waals surface area contributed by atoms with Gasteiger partial charge < -0.3 is 10.4 Å². The average molecular weight is 314 g/mol. The Bertz CT molecular complexity index is 463. The summed E-state index contributed by atoms with van der Waals surface area (Å²) in [5.74, 6) is 1.32. The monoisotopic (exact) mass is 313 g/mol. The number of amides is 1. The van der Waals surface area contributed by atoms with Crippen molar-refractivity contribution < 1.29 is 9.90 Å². The van der Waals surface area contributed by atoms with Crippen LogP contribution < -0.4 is 5.32 Å². The highest BCUT2D eigenvalue weighted by molar-refractivity contribution is 7.99. The Morgan fingerprint density at radius 2 is 2.25 bits per heavy atom. The summed E-state index contributed by atoms with van der Waals surface area (Å²) in [7, 11) is 0. The predicted octanol–water partition coefficient (Wildman–Crippen LogP) is 2.85. The van der Waals surface area contributed by atoms with E-state index in [-0.39, 0.29) is 17.9 Å². The number of nitrogens with one attached hydrogen (secondary N) is 1. The summed E-state index contributed by atoms with van der Waals surface area (Å²) in [6.07, 6.45) is 3.02. The van der Waals surface area contributed by atoms with E-state index in [0.717, 1.165) is 35.6 Å². The maximum atomic E-state index is 11.8. The summed E-state index contributed by atoms with van der Waals surface area (Å²) in [5.41, 5.74) is 1.32. The molecule has 2 N–H and O–H groups in total. The molecule has 0 spiro atoms. The Labute approximate surface area is 129 Å². The topological polar surface area (TPSA) is 49.3 Å². The molecule has 1 fully saturated rings. The van der Waals surface area contributed by atoms with Crippen molar-refractivity contribution in [3.63, 3.8) is 0 Å². The minimum atomic E-state index is 0.0706. The minimum Gasteiger partial charge on any atom is -0.396 e. The van der Waals surface area contributed by atoms with Gasteiger partial charge in [0.1, 0.15) is 0 Å². The molecule has 1 aliphatic carbocycles. The van der Waals surface area contributed by atoms with Gasteiger partial charge in [0, 0.05) is 23.9 Å². The van der Waals surface area contributed by atoms with Gasteiger partial charge in [0.25, 0.3) is 0 Å². The second kappa shape index (κ2) is 7.34. The molecular weight excluding hydrogens is 294 g/mol. The highest BCUT2D eigenvalue weighted by atomic mass is 35.5. The van der Waals surface area contributed by atoms with E-state index in [2.05, 4.69) is 5.32 Å². The lowest BCUT2D eigenvalue weighted by Gasteiger charge is -2.14. The van der Waals surface area contributed by atoms with Gasteiger partial charge in [-0.25, -0.2) is 0 Å². The lowest BCUT2D eigenvalue weighted by Crippen LogP contribution is -2.31. The Morgan fingerprint density at radius 1 is 1.45 bits per heavy atom. The van der Waals surface area contributed by atoms with Gasteiger partial charge in [-0.1, -0.05) is 23.7 Å². The summed E-state index contributed by atoms with van der Waals surface area (Å²) < 4.78 is 0. The van der Waals surface area contributed by atoms with Crippen LogP contribution in [-0.2, 0) is 10.5 Å². The van der Waals surface area contributed by atoms with Gasteiger partial charge in [-0.05, 0) is 42.4 Å². The lowest BCUT2D eigenvalue weighted by atomic mass is 10.0. The van der Waals surface area contributed by atoms with Crippen molar-refractivity contribution in [1.82, 2.24) is 5.32 Å². The van der Waals surface area contributed by atoms with Gasteiger partial charge in [0.2, 0.25) is 5.91 Å². The first-order chi connectivity index (χ1) is 9.63. The number of carbonyl (C=O) groups is 1. The van der Waals surface area contributed by atoms with Crippen LogP contribution in [0.1, 0.15) is 24.8 Å². The standard InChI is InChI=1S/C15H20ClNO2S/c16-13-3-1-2-12(8-13)9-20-10-14(19)17-11-15(4-5-15)6-7-18/h1-3,8,18H,4-7,9-11H2,(H,17,19). The van der Waals surface area contributed by atoms with Crippen LogP contribution in [0.3, 0.4) is 0 Å². The smallest absolute Gasteiger partial charge is 0.230 e. The van der Waals surface area contributed by atoms with E-state index in [1.54, 1.807) is 11.8 Å². The molecule has 1 aromatic carbocycles. The predicted molar refractivity (Wildman–Crippen MR) is 84.0 cm³/mol. The number of halogens is 1. The quantitative estimate of drug-likeness (QED) is 0.776. The molecule has 0 unspecified atom stereocenters. The van der Waals surface area contributed by atoms with Crippen LogP contribution >= 0.6 is 23.4 Å². The van der Waals surface area contributed by atoms with E-state index in [1.165, 1.54) is 0 Å². The first-order valence-corrected chi connectivity index (χ1v) is 8.37. The van der Waals surface area contributed by atoms with Crippen molar-refractivity contribution in [3.8, 4) is 0 Å². The molecule has 0 atom stereocenters. The summed E-state index contributed by atoms with van der Waals surface area (Å²) in [4.78, 5) is 11.8. The molecule has 5 heteroatoms. The van der Waals surface area contributed by atoms with E-state index < -0.39 is 0 Å². The van der Waals surface area contributed by atoms with Crippen LogP contribution in [0.25, 0.3) is 0 Å². The fourth-order valence-corrected chi connectivity index (χ4v) is 3.17. The molecule has 110 valence electrons. The highest BCUT2D eigenvalue weighted by Crippen LogP contribution is 2.47. The number of benzene rings is 1. The third-order valence-corrected chi connectivity index (χ3v) is 4.89. The minimum absolute atomic E-state index is 0.0706. The SMILES string of the molecule is O=C(CSCc1cccc(Cl)c1)NCC1(CCO)CC1. The van der Waals surface area contributed by atoms with Crippen molar-refractivity contribution in [2.45, 2.75) is 25.0 Å². The van der Waals surface area contributed by atoms with Crippen molar-refractivity contribution in [3.05, 3.63) is 34.9 Å². The molecule has 0 bridgehead atoms. The number of aliphatic hydroxyl groups excluding tert-OH is 1.